The molecule has 0 aliphatic heterocycles. The maximum Gasteiger partial charge on any atom is 0.224 e. The number of aromatic amines is 1. The van der Waals surface area contributed by atoms with Crippen molar-refractivity contribution in [2.45, 2.75) is 12.5 Å². The molecule has 0 fully saturated rings. The number of carbonyl (C=O) groups is 1. The van der Waals surface area contributed by atoms with Gasteiger partial charge in [0.25, 0.3) is 0 Å². The molecule has 0 saturated carbocycles. The normalized spacial score (nSPS) is 11.8. The molecule has 6 nitrogen and oxygen atoms in total. The molecule has 0 saturated heterocycles. The SMILES string of the molecule is COc1ccccc1OCCC(=O)NC(c1ccccc1)c1ccc2nc[nH]c2c1. The van der Waals surface area contributed by atoms with Gasteiger partial charge in [0.15, 0.2) is 11.5 Å². The van der Waals surface area contributed by atoms with Crippen LogP contribution in [0.1, 0.15) is 23.6 Å². The molecule has 0 bridgehead atoms. The highest BCUT2D eigenvalue weighted by atomic mass is 16.5. The summed E-state index contributed by atoms with van der Waals surface area (Å²) in [5, 5.41) is 3.14. The number of hydrogen-bond acceptors (Lipinski definition) is 4. The van der Waals surface area contributed by atoms with E-state index in [1.807, 2.05) is 72.8 Å². The lowest BCUT2D eigenvalue weighted by atomic mass is 9.98. The number of para-hydroxylation sites is 2. The molecule has 0 aliphatic carbocycles. The van der Waals surface area contributed by atoms with Gasteiger partial charge >= 0.3 is 0 Å². The van der Waals surface area contributed by atoms with Gasteiger partial charge in [0.2, 0.25) is 5.91 Å². The number of ether oxygens (including phenoxy) is 2. The zero-order chi connectivity index (χ0) is 20.8. The summed E-state index contributed by atoms with van der Waals surface area (Å²) < 4.78 is 11.0. The molecule has 6 heteroatoms. The second kappa shape index (κ2) is 9.13. The maximum absolute atomic E-state index is 12.7. The number of aromatic nitrogens is 2. The summed E-state index contributed by atoms with van der Waals surface area (Å²) in [4.78, 5) is 20.1. The molecule has 1 unspecified atom stereocenters. The molecule has 0 aliphatic rings. The van der Waals surface area contributed by atoms with E-state index in [1.165, 1.54) is 0 Å². The predicted molar refractivity (Wildman–Crippen MR) is 116 cm³/mol. The zero-order valence-corrected chi connectivity index (χ0v) is 16.7. The van der Waals surface area contributed by atoms with Crippen LogP contribution in [0.25, 0.3) is 11.0 Å². The minimum absolute atomic E-state index is 0.0940. The van der Waals surface area contributed by atoms with E-state index >= 15 is 0 Å². The first-order valence-corrected chi connectivity index (χ1v) is 9.78. The quantitative estimate of drug-likeness (QED) is 0.463. The number of amides is 1. The minimum atomic E-state index is -0.266. The number of benzene rings is 3. The number of hydrogen-bond donors (Lipinski definition) is 2. The lowest BCUT2D eigenvalue weighted by molar-refractivity contribution is -0.122. The fraction of sp³-hybridized carbons (Fsp3) is 0.167. The van der Waals surface area contributed by atoms with Crippen molar-refractivity contribution in [2.75, 3.05) is 13.7 Å². The molecule has 1 amide bonds. The van der Waals surface area contributed by atoms with Gasteiger partial charge in [0.05, 0.1) is 43.5 Å². The Kier molecular flexibility index (Phi) is 5.94. The number of carbonyl (C=O) groups excluding carboxylic acids is 1. The van der Waals surface area contributed by atoms with Gasteiger partial charge in [0.1, 0.15) is 0 Å². The molecule has 2 N–H and O–H groups in total. The van der Waals surface area contributed by atoms with Crippen molar-refractivity contribution < 1.29 is 14.3 Å². The van der Waals surface area contributed by atoms with E-state index in [4.69, 9.17) is 9.47 Å². The first kappa shape index (κ1) is 19.5. The van der Waals surface area contributed by atoms with Crippen molar-refractivity contribution in [1.82, 2.24) is 15.3 Å². The lowest BCUT2D eigenvalue weighted by Crippen LogP contribution is -2.30. The van der Waals surface area contributed by atoms with Crippen molar-refractivity contribution in [3.8, 4) is 11.5 Å². The largest absolute Gasteiger partial charge is 0.493 e. The maximum atomic E-state index is 12.7. The Balaban J connectivity index is 1.47. The van der Waals surface area contributed by atoms with Crippen LogP contribution in [0.5, 0.6) is 11.5 Å². The van der Waals surface area contributed by atoms with E-state index < -0.39 is 0 Å². The summed E-state index contributed by atoms with van der Waals surface area (Å²) in [6, 6.07) is 23.0. The number of fused-ring (bicyclic) bond motifs is 1. The third kappa shape index (κ3) is 4.43. The topological polar surface area (TPSA) is 76.2 Å². The second-order valence-electron chi connectivity index (χ2n) is 6.84. The van der Waals surface area contributed by atoms with Gasteiger partial charge in [-0.25, -0.2) is 4.98 Å². The highest BCUT2D eigenvalue weighted by Gasteiger charge is 2.18. The number of nitrogens with zero attached hydrogens (tertiary/aromatic N) is 1. The van der Waals surface area contributed by atoms with Gasteiger partial charge in [-0.05, 0) is 35.4 Å². The number of rotatable bonds is 8. The first-order valence-electron chi connectivity index (χ1n) is 9.78. The van der Waals surface area contributed by atoms with Crippen molar-refractivity contribution in [3.63, 3.8) is 0 Å². The molecular formula is C24H23N3O3. The molecule has 1 heterocycles. The summed E-state index contributed by atoms with van der Waals surface area (Å²) in [6.45, 7) is 0.257. The average Bonchev–Trinajstić information content (AvgIpc) is 3.26. The van der Waals surface area contributed by atoms with E-state index in [9.17, 15) is 4.79 Å². The first-order chi connectivity index (χ1) is 14.7. The summed E-state index contributed by atoms with van der Waals surface area (Å²) in [7, 11) is 1.59. The Morgan fingerprint density at radius 3 is 2.57 bits per heavy atom. The van der Waals surface area contributed by atoms with Crippen LogP contribution < -0.4 is 14.8 Å². The van der Waals surface area contributed by atoms with Crippen LogP contribution in [0.2, 0.25) is 0 Å². The van der Waals surface area contributed by atoms with Gasteiger partial charge in [0, 0.05) is 0 Å². The van der Waals surface area contributed by atoms with Crippen LogP contribution in [-0.4, -0.2) is 29.6 Å². The van der Waals surface area contributed by atoms with Crippen LogP contribution in [0.15, 0.2) is 79.1 Å². The highest BCUT2D eigenvalue weighted by Crippen LogP contribution is 2.26. The fourth-order valence-corrected chi connectivity index (χ4v) is 3.36. The van der Waals surface area contributed by atoms with E-state index in [2.05, 4.69) is 15.3 Å². The Morgan fingerprint density at radius 1 is 1.00 bits per heavy atom. The van der Waals surface area contributed by atoms with Crippen LogP contribution in [0, 0.1) is 0 Å². The average molecular weight is 401 g/mol. The van der Waals surface area contributed by atoms with Crippen molar-refractivity contribution in [2.24, 2.45) is 0 Å². The standard InChI is InChI=1S/C24H23N3O3/c1-29-21-9-5-6-10-22(21)30-14-13-23(28)27-24(17-7-3-2-4-8-17)18-11-12-19-20(15-18)26-16-25-19/h2-12,15-16,24H,13-14H2,1H3,(H,25,26)(H,27,28). The number of H-pyrrole nitrogens is 1. The van der Waals surface area contributed by atoms with E-state index in [0.29, 0.717) is 11.5 Å². The molecule has 4 rings (SSSR count). The number of nitrogens with one attached hydrogen (secondary N) is 2. The molecule has 0 radical (unpaired) electrons. The number of imidazole rings is 1. The molecule has 0 spiro atoms. The number of methoxy groups -OCH3 is 1. The third-order valence-electron chi connectivity index (χ3n) is 4.87. The molecule has 152 valence electrons. The van der Waals surface area contributed by atoms with E-state index in [1.54, 1.807) is 13.4 Å². The monoisotopic (exact) mass is 401 g/mol. The Bertz CT molecular complexity index is 1120. The van der Waals surface area contributed by atoms with Crippen molar-refractivity contribution >= 4 is 16.9 Å². The molecule has 30 heavy (non-hydrogen) atoms. The summed E-state index contributed by atoms with van der Waals surface area (Å²) in [6.07, 6.45) is 1.90. The van der Waals surface area contributed by atoms with Gasteiger partial charge in [-0.15, -0.1) is 0 Å². The smallest absolute Gasteiger partial charge is 0.224 e. The Hall–Kier alpha value is -3.80. The lowest BCUT2D eigenvalue weighted by Gasteiger charge is -2.20. The van der Waals surface area contributed by atoms with Crippen LogP contribution >= 0.6 is 0 Å². The summed E-state index contributed by atoms with van der Waals surface area (Å²) >= 11 is 0. The van der Waals surface area contributed by atoms with Crippen LogP contribution in [-0.2, 0) is 4.79 Å². The highest BCUT2D eigenvalue weighted by molar-refractivity contribution is 5.78. The van der Waals surface area contributed by atoms with Gasteiger partial charge in [-0.1, -0.05) is 48.5 Å². The molecule has 4 aromatic rings. The molecular weight excluding hydrogens is 378 g/mol. The fourth-order valence-electron chi connectivity index (χ4n) is 3.36. The van der Waals surface area contributed by atoms with E-state index in [-0.39, 0.29) is 25.0 Å². The summed E-state index contributed by atoms with van der Waals surface area (Å²) in [5.74, 6) is 1.17. The zero-order valence-electron chi connectivity index (χ0n) is 16.7. The van der Waals surface area contributed by atoms with Crippen LogP contribution in [0.3, 0.4) is 0 Å². The third-order valence-corrected chi connectivity index (χ3v) is 4.87. The summed E-state index contributed by atoms with van der Waals surface area (Å²) in [5.41, 5.74) is 3.82. The van der Waals surface area contributed by atoms with Gasteiger partial charge in [-0.2, -0.15) is 0 Å². The Labute approximate surface area is 174 Å². The van der Waals surface area contributed by atoms with Gasteiger partial charge < -0.3 is 19.8 Å². The minimum Gasteiger partial charge on any atom is -0.493 e. The molecule has 1 aromatic heterocycles. The van der Waals surface area contributed by atoms with Crippen molar-refractivity contribution in [1.29, 1.82) is 0 Å². The predicted octanol–water partition coefficient (Wildman–Crippen LogP) is 4.25. The molecule has 3 aromatic carbocycles. The van der Waals surface area contributed by atoms with E-state index in [0.717, 1.165) is 22.2 Å². The van der Waals surface area contributed by atoms with Gasteiger partial charge in [-0.3, -0.25) is 4.79 Å². The molecule has 1 atom stereocenters. The van der Waals surface area contributed by atoms with Crippen LogP contribution in [0.4, 0.5) is 0 Å². The van der Waals surface area contributed by atoms with Crippen molar-refractivity contribution in [3.05, 3.63) is 90.3 Å². The second-order valence-corrected chi connectivity index (χ2v) is 6.84. The Morgan fingerprint density at radius 2 is 1.77 bits per heavy atom.